The quantitative estimate of drug-likeness (QED) is 0.774. The third kappa shape index (κ3) is 3.57. The van der Waals surface area contributed by atoms with Crippen LogP contribution < -0.4 is 5.32 Å². The van der Waals surface area contributed by atoms with Crippen molar-refractivity contribution in [1.29, 1.82) is 0 Å². The van der Waals surface area contributed by atoms with Gasteiger partial charge in [0, 0.05) is 13.1 Å². The summed E-state index contributed by atoms with van der Waals surface area (Å²) in [5.41, 5.74) is 4.99. The van der Waals surface area contributed by atoms with Crippen molar-refractivity contribution in [3.63, 3.8) is 0 Å². The summed E-state index contributed by atoms with van der Waals surface area (Å²) < 4.78 is 0. The highest BCUT2D eigenvalue weighted by Gasteiger charge is 1.97. The molecule has 0 atom stereocenters. The second kappa shape index (κ2) is 6.18. The summed E-state index contributed by atoms with van der Waals surface area (Å²) in [5, 5.41) is 3.36. The zero-order valence-corrected chi connectivity index (χ0v) is 10.8. The van der Waals surface area contributed by atoms with Gasteiger partial charge in [0.2, 0.25) is 0 Å². The van der Waals surface area contributed by atoms with E-state index in [9.17, 15) is 0 Å². The molecule has 0 aliphatic heterocycles. The summed E-state index contributed by atoms with van der Waals surface area (Å²) in [6.07, 6.45) is 0. The van der Waals surface area contributed by atoms with Crippen LogP contribution in [0.4, 0.5) is 0 Å². The maximum absolute atomic E-state index is 3.88. The first kappa shape index (κ1) is 12.6. The minimum absolute atomic E-state index is 0.875. The van der Waals surface area contributed by atoms with Crippen molar-refractivity contribution in [3.8, 4) is 11.1 Å². The average Bonchev–Trinajstić information content (AvgIpc) is 2.40. The molecule has 2 aromatic rings. The fourth-order valence-corrected chi connectivity index (χ4v) is 1.87. The van der Waals surface area contributed by atoms with Crippen molar-refractivity contribution in [1.82, 2.24) is 5.32 Å². The van der Waals surface area contributed by atoms with Crippen LogP contribution in [0, 0.1) is 0 Å². The molecule has 18 heavy (non-hydrogen) atoms. The molecule has 0 aliphatic carbocycles. The van der Waals surface area contributed by atoms with E-state index in [1.165, 1.54) is 16.7 Å². The van der Waals surface area contributed by atoms with E-state index in [2.05, 4.69) is 60.4 Å². The molecule has 0 saturated heterocycles. The van der Waals surface area contributed by atoms with E-state index in [0.29, 0.717) is 0 Å². The van der Waals surface area contributed by atoms with Crippen molar-refractivity contribution in [2.24, 2.45) is 0 Å². The lowest BCUT2D eigenvalue weighted by atomic mass is 10.0. The molecule has 1 N–H and O–H groups in total. The Morgan fingerprint density at radius 1 is 0.944 bits per heavy atom. The van der Waals surface area contributed by atoms with Crippen molar-refractivity contribution < 1.29 is 0 Å². The Labute approximate surface area is 109 Å². The molecule has 1 nitrogen and oxygen atoms in total. The van der Waals surface area contributed by atoms with Crippen molar-refractivity contribution in [3.05, 3.63) is 72.3 Å². The maximum Gasteiger partial charge on any atom is 0.0208 e. The number of hydrogen-bond acceptors (Lipinski definition) is 1. The first-order chi connectivity index (χ1) is 8.75. The van der Waals surface area contributed by atoms with E-state index in [-0.39, 0.29) is 0 Å². The van der Waals surface area contributed by atoms with E-state index in [1.54, 1.807) is 0 Å². The molecule has 0 aliphatic rings. The molecule has 0 bridgehead atoms. The van der Waals surface area contributed by atoms with Gasteiger partial charge in [0.1, 0.15) is 0 Å². The molecule has 0 fully saturated rings. The van der Waals surface area contributed by atoms with Crippen LogP contribution in [0.3, 0.4) is 0 Å². The summed E-state index contributed by atoms with van der Waals surface area (Å²) in [6, 6.07) is 19.1. The van der Waals surface area contributed by atoms with Crippen molar-refractivity contribution in [2.75, 3.05) is 6.54 Å². The average molecular weight is 237 g/mol. The van der Waals surface area contributed by atoms with Gasteiger partial charge in [-0.15, -0.1) is 0 Å². The van der Waals surface area contributed by atoms with E-state index in [1.807, 2.05) is 13.0 Å². The summed E-state index contributed by atoms with van der Waals surface area (Å²) in [4.78, 5) is 0. The summed E-state index contributed by atoms with van der Waals surface area (Å²) in [6.45, 7) is 7.68. The zero-order valence-electron chi connectivity index (χ0n) is 10.8. The molecule has 0 aromatic heterocycles. The fourth-order valence-electron chi connectivity index (χ4n) is 1.87. The van der Waals surface area contributed by atoms with Crippen LogP contribution in [0.25, 0.3) is 11.1 Å². The summed E-state index contributed by atoms with van der Waals surface area (Å²) >= 11 is 0. The van der Waals surface area contributed by atoms with E-state index >= 15 is 0 Å². The van der Waals surface area contributed by atoms with Crippen LogP contribution in [0.15, 0.2) is 66.7 Å². The van der Waals surface area contributed by atoms with E-state index in [4.69, 9.17) is 0 Å². The topological polar surface area (TPSA) is 12.0 Å². The molecule has 1 heteroatoms. The van der Waals surface area contributed by atoms with E-state index < -0.39 is 0 Å². The molecule has 0 spiro atoms. The number of hydrogen-bond donors (Lipinski definition) is 1. The van der Waals surface area contributed by atoms with Gasteiger partial charge in [-0.2, -0.15) is 0 Å². The van der Waals surface area contributed by atoms with Crippen LogP contribution in [-0.4, -0.2) is 6.54 Å². The molecule has 2 aromatic carbocycles. The van der Waals surface area contributed by atoms with Crippen LogP contribution >= 0.6 is 0 Å². The predicted octanol–water partition coefficient (Wildman–Crippen LogP) is 4.02. The summed E-state index contributed by atoms with van der Waals surface area (Å²) in [5.74, 6) is 0. The van der Waals surface area contributed by atoms with Crippen molar-refractivity contribution in [2.45, 2.75) is 13.5 Å². The SMILES string of the molecule is C=C(C)CNCc1ccc(-c2ccccc2)cc1. The minimum atomic E-state index is 0.875. The standard InChI is InChI=1S/C17H19N/c1-14(2)12-18-13-15-8-10-17(11-9-15)16-6-4-3-5-7-16/h3-11,18H,1,12-13H2,2H3. The highest BCUT2D eigenvalue weighted by atomic mass is 14.8. The Morgan fingerprint density at radius 3 is 2.17 bits per heavy atom. The first-order valence-corrected chi connectivity index (χ1v) is 6.25. The van der Waals surface area contributed by atoms with Gasteiger partial charge in [-0.25, -0.2) is 0 Å². The second-order valence-corrected chi connectivity index (χ2v) is 4.62. The van der Waals surface area contributed by atoms with Crippen molar-refractivity contribution >= 4 is 0 Å². The third-order valence-corrected chi connectivity index (χ3v) is 2.82. The lowest BCUT2D eigenvalue weighted by Gasteiger charge is -2.06. The normalized spacial score (nSPS) is 10.3. The molecule has 92 valence electrons. The molecule has 0 radical (unpaired) electrons. The van der Waals surface area contributed by atoms with Crippen LogP contribution in [0.1, 0.15) is 12.5 Å². The van der Waals surface area contributed by atoms with Gasteiger partial charge >= 0.3 is 0 Å². The molecular weight excluding hydrogens is 218 g/mol. The summed E-state index contributed by atoms with van der Waals surface area (Å²) in [7, 11) is 0. The zero-order chi connectivity index (χ0) is 12.8. The van der Waals surface area contributed by atoms with E-state index in [0.717, 1.165) is 18.7 Å². The second-order valence-electron chi connectivity index (χ2n) is 4.62. The predicted molar refractivity (Wildman–Crippen MR) is 78.4 cm³/mol. The number of nitrogens with one attached hydrogen (secondary N) is 1. The largest absolute Gasteiger partial charge is 0.309 e. The van der Waals surface area contributed by atoms with Crippen LogP contribution in [-0.2, 0) is 6.54 Å². The molecule has 2 rings (SSSR count). The molecule has 0 heterocycles. The highest BCUT2D eigenvalue weighted by molar-refractivity contribution is 5.63. The van der Waals surface area contributed by atoms with Gasteiger partial charge in [0.25, 0.3) is 0 Å². The van der Waals surface area contributed by atoms with Crippen LogP contribution in [0.5, 0.6) is 0 Å². The van der Waals surface area contributed by atoms with Gasteiger partial charge in [-0.1, -0.05) is 66.7 Å². The van der Waals surface area contributed by atoms with Gasteiger partial charge in [0.05, 0.1) is 0 Å². The highest BCUT2D eigenvalue weighted by Crippen LogP contribution is 2.19. The Bertz CT molecular complexity index is 497. The smallest absolute Gasteiger partial charge is 0.0208 e. The molecular formula is C17H19N. The first-order valence-electron chi connectivity index (χ1n) is 6.25. The Balaban J connectivity index is 2.00. The minimum Gasteiger partial charge on any atom is -0.309 e. The lowest BCUT2D eigenvalue weighted by molar-refractivity contribution is 0.741. The molecule has 0 unspecified atom stereocenters. The van der Waals surface area contributed by atoms with Gasteiger partial charge in [-0.05, 0) is 23.6 Å². The van der Waals surface area contributed by atoms with Gasteiger partial charge in [-0.3, -0.25) is 0 Å². The fraction of sp³-hybridized carbons (Fsp3) is 0.176. The molecule has 0 saturated carbocycles. The maximum atomic E-state index is 3.88. The molecule has 0 amide bonds. The Hall–Kier alpha value is -1.86. The monoisotopic (exact) mass is 237 g/mol. The number of benzene rings is 2. The van der Waals surface area contributed by atoms with Gasteiger partial charge < -0.3 is 5.32 Å². The van der Waals surface area contributed by atoms with Crippen LogP contribution in [0.2, 0.25) is 0 Å². The third-order valence-electron chi connectivity index (χ3n) is 2.82. The van der Waals surface area contributed by atoms with Gasteiger partial charge in [0.15, 0.2) is 0 Å². The Morgan fingerprint density at radius 2 is 1.56 bits per heavy atom. The lowest BCUT2D eigenvalue weighted by Crippen LogP contribution is -2.14. The Kier molecular flexibility index (Phi) is 4.32. The number of rotatable bonds is 5.